The summed E-state index contributed by atoms with van der Waals surface area (Å²) >= 11 is 0. The molecule has 3 amide bonds. The lowest BCUT2D eigenvalue weighted by Gasteiger charge is -2.29. The fourth-order valence-corrected chi connectivity index (χ4v) is 6.80. The van der Waals surface area contributed by atoms with Crippen LogP contribution < -0.4 is 10.2 Å². The van der Waals surface area contributed by atoms with E-state index in [9.17, 15) is 27.6 Å². The monoisotopic (exact) mass is 582 g/mol. The molecular weight excluding hydrogens is 544 g/mol. The summed E-state index contributed by atoms with van der Waals surface area (Å²) in [6.45, 7) is 4.02. The van der Waals surface area contributed by atoms with E-state index in [4.69, 9.17) is 0 Å². The van der Waals surface area contributed by atoms with Crippen LogP contribution in [0.25, 0.3) is 0 Å². The molecule has 2 aromatic carbocycles. The number of likely N-dealkylation sites (tertiary alicyclic amines) is 2. The number of carbonyl (C=O) groups is 4. The Morgan fingerprint density at radius 1 is 1.00 bits per heavy atom. The fraction of sp³-hybridized carbons (Fsp3) is 0.467. The van der Waals surface area contributed by atoms with Gasteiger partial charge in [0.25, 0.3) is 5.91 Å². The zero-order chi connectivity index (χ0) is 29.9. The van der Waals surface area contributed by atoms with E-state index in [2.05, 4.69) is 5.32 Å². The minimum Gasteiger partial charge on any atom is -0.378 e. The highest BCUT2D eigenvalue weighted by Crippen LogP contribution is 2.31. The average Bonchev–Trinajstić information content (AvgIpc) is 3.52. The van der Waals surface area contributed by atoms with Crippen molar-refractivity contribution in [3.8, 4) is 0 Å². The second-order valence-corrected chi connectivity index (χ2v) is 13.4. The van der Waals surface area contributed by atoms with Gasteiger partial charge in [-0.05, 0) is 55.2 Å². The summed E-state index contributed by atoms with van der Waals surface area (Å²) in [5.41, 5.74) is 1.37. The molecule has 0 aromatic heterocycles. The van der Waals surface area contributed by atoms with E-state index in [1.165, 1.54) is 21.9 Å². The van der Waals surface area contributed by atoms with Gasteiger partial charge in [-0.25, -0.2) is 8.42 Å². The molecule has 41 heavy (non-hydrogen) atoms. The van der Waals surface area contributed by atoms with Crippen LogP contribution in [0.15, 0.2) is 59.5 Å². The molecule has 3 atom stereocenters. The van der Waals surface area contributed by atoms with Crippen molar-refractivity contribution in [2.24, 2.45) is 5.92 Å². The number of carbonyl (C=O) groups excluding carboxylic acids is 4. The van der Waals surface area contributed by atoms with E-state index >= 15 is 0 Å². The topological polar surface area (TPSA) is 124 Å². The van der Waals surface area contributed by atoms with Crippen molar-refractivity contribution in [3.63, 3.8) is 0 Å². The van der Waals surface area contributed by atoms with Gasteiger partial charge in [0.2, 0.25) is 11.8 Å². The predicted molar refractivity (Wildman–Crippen MR) is 155 cm³/mol. The van der Waals surface area contributed by atoms with Gasteiger partial charge in [-0.1, -0.05) is 32.0 Å². The Hall–Kier alpha value is -3.73. The highest BCUT2D eigenvalue weighted by Gasteiger charge is 2.52. The van der Waals surface area contributed by atoms with Crippen molar-refractivity contribution in [1.82, 2.24) is 15.1 Å². The first kappa shape index (κ1) is 30.2. The van der Waals surface area contributed by atoms with Crippen molar-refractivity contribution in [2.75, 3.05) is 37.8 Å². The Morgan fingerprint density at radius 3 is 2.27 bits per heavy atom. The van der Waals surface area contributed by atoms with Crippen LogP contribution in [0.4, 0.5) is 5.69 Å². The zero-order valence-corrected chi connectivity index (χ0v) is 24.8. The van der Waals surface area contributed by atoms with Gasteiger partial charge in [-0.15, -0.1) is 0 Å². The third-order valence-electron chi connectivity index (χ3n) is 7.67. The van der Waals surface area contributed by atoms with Crippen LogP contribution >= 0.6 is 0 Å². The van der Waals surface area contributed by atoms with Gasteiger partial charge >= 0.3 is 0 Å². The van der Waals surface area contributed by atoms with Gasteiger partial charge in [0.05, 0.1) is 23.2 Å². The summed E-state index contributed by atoms with van der Waals surface area (Å²) in [5.74, 6) is -1.67. The highest BCUT2D eigenvalue weighted by molar-refractivity contribution is 7.91. The summed E-state index contributed by atoms with van der Waals surface area (Å²) in [7, 11) is 0.160. The molecule has 0 spiro atoms. The SMILES string of the molecule is CC(C)C[C@H](NC(=O)c1ccc(N(C)C)cc1)C(=O)N1CC[C@@H]2[C@H]1C(=O)CN2C(=O)CCS(=O)(=O)c1ccccc1. The van der Waals surface area contributed by atoms with Crippen LogP contribution in [0, 0.1) is 5.92 Å². The molecule has 2 heterocycles. The Kier molecular flexibility index (Phi) is 9.16. The maximum atomic E-state index is 13.7. The molecule has 0 unspecified atom stereocenters. The number of ketones is 1. The van der Waals surface area contributed by atoms with E-state index in [1.807, 2.05) is 45.0 Å². The van der Waals surface area contributed by atoms with Gasteiger partial charge in [0.15, 0.2) is 15.6 Å². The van der Waals surface area contributed by atoms with Crippen molar-refractivity contribution in [1.29, 1.82) is 0 Å². The molecule has 1 N–H and O–H groups in total. The number of anilines is 1. The first-order valence-corrected chi connectivity index (χ1v) is 15.5. The van der Waals surface area contributed by atoms with Crippen molar-refractivity contribution in [2.45, 2.75) is 56.1 Å². The quantitative estimate of drug-likeness (QED) is 0.455. The van der Waals surface area contributed by atoms with Crippen LogP contribution in [0.3, 0.4) is 0 Å². The average molecular weight is 583 g/mol. The molecule has 2 aliphatic heterocycles. The van der Waals surface area contributed by atoms with E-state index in [0.29, 0.717) is 18.4 Å². The zero-order valence-electron chi connectivity index (χ0n) is 23.9. The number of hydrogen-bond donors (Lipinski definition) is 1. The van der Waals surface area contributed by atoms with Crippen molar-refractivity contribution in [3.05, 3.63) is 60.2 Å². The first-order valence-electron chi connectivity index (χ1n) is 13.9. The third kappa shape index (κ3) is 6.78. The molecule has 10 nitrogen and oxygen atoms in total. The lowest BCUT2D eigenvalue weighted by molar-refractivity contribution is -0.138. The molecule has 0 aliphatic carbocycles. The van der Waals surface area contributed by atoms with Crippen LogP contribution in [0.2, 0.25) is 0 Å². The summed E-state index contributed by atoms with van der Waals surface area (Å²) in [4.78, 5) is 57.9. The predicted octanol–water partition coefficient (Wildman–Crippen LogP) is 2.14. The number of amides is 3. The number of sulfone groups is 1. The van der Waals surface area contributed by atoms with Gasteiger partial charge in [-0.3, -0.25) is 19.2 Å². The van der Waals surface area contributed by atoms with Crippen molar-refractivity contribution >= 4 is 39.0 Å². The second kappa shape index (κ2) is 12.4. The molecule has 2 fully saturated rings. The maximum Gasteiger partial charge on any atom is 0.251 e. The molecule has 0 bridgehead atoms. The number of hydrogen-bond acceptors (Lipinski definition) is 7. The van der Waals surface area contributed by atoms with Gasteiger partial charge in [-0.2, -0.15) is 0 Å². The number of fused-ring (bicyclic) bond motifs is 1. The minimum absolute atomic E-state index is 0.0997. The van der Waals surface area contributed by atoms with Gasteiger partial charge < -0.3 is 20.0 Å². The van der Waals surface area contributed by atoms with Crippen molar-refractivity contribution < 1.29 is 27.6 Å². The van der Waals surface area contributed by atoms with E-state index in [-0.39, 0.29) is 53.7 Å². The van der Waals surface area contributed by atoms with Crippen LogP contribution in [0.5, 0.6) is 0 Å². The summed E-state index contributed by atoms with van der Waals surface area (Å²) in [5, 5.41) is 2.87. The number of benzene rings is 2. The molecule has 0 saturated carbocycles. The molecular formula is C30H38N4O6S. The maximum absolute atomic E-state index is 13.7. The van der Waals surface area contributed by atoms with Gasteiger partial charge in [0.1, 0.15) is 12.1 Å². The number of rotatable bonds is 10. The molecule has 11 heteroatoms. The fourth-order valence-electron chi connectivity index (χ4n) is 5.55. The van der Waals surface area contributed by atoms with E-state index < -0.39 is 33.9 Å². The largest absolute Gasteiger partial charge is 0.378 e. The van der Waals surface area contributed by atoms with E-state index in [0.717, 1.165) is 5.69 Å². The normalized spacial score (nSPS) is 19.3. The first-order chi connectivity index (χ1) is 19.4. The number of nitrogens with one attached hydrogen (secondary N) is 1. The lowest BCUT2D eigenvalue weighted by Crippen LogP contribution is -2.53. The summed E-state index contributed by atoms with van der Waals surface area (Å²) in [6.07, 6.45) is 0.552. The molecule has 4 rings (SSSR count). The molecule has 220 valence electrons. The minimum atomic E-state index is -3.65. The Morgan fingerprint density at radius 2 is 1.66 bits per heavy atom. The standard InChI is InChI=1S/C30H38N4O6S/c1-20(2)18-24(31-29(37)21-10-12-22(13-11-21)32(3)4)30(38)33-16-14-25-28(33)26(35)19-34(25)27(36)15-17-41(39,40)23-8-6-5-7-9-23/h5-13,20,24-25,28H,14-19H2,1-4H3,(H,31,37)/t24-,25+,28-/m0/s1. The smallest absolute Gasteiger partial charge is 0.251 e. The molecule has 2 saturated heterocycles. The van der Waals surface area contributed by atoms with E-state index in [1.54, 1.807) is 30.3 Å². The Bertz CT molecular complexity index is 1390. The van der Waals surface area contributed by atoms with Crippen LogP contribution in [-0.4, -0.2) is 92.8 Å². The molecule has 2 aliphatic rings. The third-order valence-corrected chi connectivity index (χ3v) is 9.40. The summed E-state index contributed by atoms with van der Waals surface area (Å²) < 4.78 is 25.3. The number of nitrogens with zero attached hydrogens (tertiary/aromatic N) is 3. The second-order valence-electron chi connectivity index (χ2n) is 11.3. The molecule has 0 radical (unpaired) electrons. The van der Waals surface area contributed by atoms with Gasteiger partial charge in [0, 0.05) is 38.3 Å². The van der Waals surface area contributed by atoms with Crippen LogP contribution in [0.1, 0.15) is 43.5 Å². The Balaban J connectivity index is 1.43. The highest BCUT2D eigenvalue weighted by atomic mass is 32.2. The number of Topliss-reactive ketones (excluding diaryl/α,β-unsaturated/α-hetero) is 1. The summed E-state index contributed by atoms with van der Waals surface area (Å²) in [6, 6.07) is 12.9. The van der Waals surface area contributed by atoms with Crippen LogP contribution in [-0.2, 0) is 24.2 Å². The molecule has 2 aromatic rings. The lowest BCUT2D eigenvalue weighted by atomic mass is 10.0. The Labute approximate surface area is 241 Å².